The fourth-order valence-electron chi connectivity index (χ4n) is 3.79. The lowest BCUT2D eigenvalue weighted by Gasteiger charge is -2.33. The van der Waals surface area contributed by atoms with Crippen molar-refractivity contribution in [2.45, 2.75) is 56.8 Å². The molecule has 4 rings (SSSR count). The third-order valence-corrected chi connectivity index (χ3v) is 4.99. The first kappa shape index (κ1) is 11.9. The maximum atomic E-state index is 5.91. The molecule has 1 aliphatic carbocycles. The lowest BCUT2D eigenvalue weighted by molar-refractivity contribution is 0.0296. The summed E-state index contributed by atoms with van der Waals surface area (Å²) in [6.45, 7) is 1.92. The normalized spacial score (nSPS) is 31.3. The Kier molecular flexibility index (Phi) is 2.88. The second-order valence-corrected chi connectivity index (χ2v) is 6.39. The summed E-state index contributed by atoms with van der Waals surface area (Å²) in [5, 5.41) is 7.49. The third-order valence-electron chi connectivity index (χ3n) is 4.70. The van der Waals surface area contributed by atoms with Gasteiger partial charge in [0.25, 0.3) is 0 Å². The molecular formula is C13H20N4OS. The smallest absolute Gasteiger partial charge is 0.226 e. The number of hydrogen-bond acceptors (Lipinski definition) is 4. The van der Waals surface area contributed by atoms with Crippen LogP contribution in [0.4, 0.5) is 5.95 Å². The zero-order valence-corrected chi connectivity index (χ0v) is 11.9. The molecule has 1 aromatic heterocycles. The Balaban J connectivity index is 1.65. The summed E-state index contributed by atoms with van der Waals surface area (Å²) in [6, 6.07) is 0.543. The molecule has 2 saturated heterocycles. The maximum Gasteiger partial charge on any atom is 0.226 e. The minimum Gasteiger partial charge on any atom is -0.371 e. The highest BCUT2D eigenvalue weighted by Gasteiger charge is 2.36. The Morgan fingerprint density at radius 1 is 1.11 bits per heavy atom. The first-order valence-electron chi connectivity index (χ1n) is 7.38. The van der Waals surface area contributed by atoms with Gasteiger partial charge in [-0.25, -0.2) is 5.10 Å². The van der Waals surface area contributed by atoms with E-state index < -0.39 is 0 Å². The Bertz CT molecular complexity index is 507. The Hall–Kier alpha value is -0.880. The molecule has 2 aliphatic heterocycles. The number of rotatable bonds is 2. The molecule has 2 atom stereocenters. The average molecular weight is 280 g/mol. The number of fused-ring (bicyclic) bond motifs is 2. The number of morpholine rings is 1. The van der Waals surface area contributed by atoms with Crippen LogP contribution in [0.15, 0.2) is 0 Å². The monoisotopic (exact) mass is 280 g/mol. The van der Waals surface area contributed by atoms with E-state index in [2.05, 4.69) is 19.7 Å². The number of ether oxygens (including phenoxy) is 1. The van der Waals surface area contributed by atoms with Crippen molar-refractivity contribution in [3.63, 3.8) is 0 Å². The highest BCUT2D eigenvalue weighted by Crippen LogP contribution is 2.35. The molecule has 0 spiro atoms. The number of nitrogens with one attached hydrogen (secondary N) is 1. The Morgan fingerprint density at radius 3 is 2.47 bits per heavy atom. The predicted octanol–water partition coefficient (Wildman–Crippen LogP) is 2.42. The summed E-state index contributed by atoms with van der Waals surface area (Å²) in [4.78, 5) is 2.37. The summed E-state index contributed by atoms with van der Waals surface area (Å²) in [5.74, 6) is 1.04. The second kappa shape index (κ2) is 4.59. The van der Waals surface area contributed by atoms with E-state index in [1.807, 2.05) is 0 Å². The summed E-state index contributed by atoms with van der Waals surface area (Å²) in [7, 11) is 0. The van der Waals surface area contributed by atoms with Crippen LogP contribution < -0.4 is 4.90 Å². The van der Waals surface area contributed by atoms with Gasteiger partial charge in [0.1, 0.15) is 0 Å². The predicted molar refractivity (Wildman–Crippen MR) is 75.0 cm³/mol. The molecule has 1 saturated carbocycles. The van der Waals surface area contributed by atoms with Crippen LogP contribution in [-0.2, 0) is 4.74 Å². The van der Waals surface area contributed by atoms with Gasteiger partial charge in [-0.3, -0.25) is 4.57 Å². The van der Waals surface area contributed by atoms with Crippen molar-refractivity contribution < 1.29 is 4.74 Å². The average Bonchev–Trinajstić information content (AvgIpc) is 3.10. The van der Waals surface area contributed by atoms with Crippen molar-refractivity contribution in [1.82, 2.24) is 14.8 Å². The van der Waals surface area contributed by atoms with E-state index in [0.29, 0.717) is 18.2 Å². The van der Waals surface area contributed by atoms with Crippen LogP contribution in [0.3, 0.4) is 0 Å². The van der Waals surface area contributed by atoms with Crippen LogP contribution in [0, 0.1) is 4.77 Å². The standard InChI is InChI=1S/C13H20N4OS/c19-13-15-14-12(17(13)9-3-1-2-4-9)16-7-10-5-6-11(8-16)18-10/h9-11H,1-8H2,(H,15,19). The molecule has 0 amide bonds. The second-order valence-electron chi connectivity index (χ2n) is 6.00. The van der Waals surface area contributed by atoms with Crippen LogP contribution in [-0.4, -0.2) is 40.1 Å². The summed E-state index contributed by atoms with van der Waals surface area (Å²) < 4.78 is 8.94. The molecule has 2 unspecified atom stereocenters. The molecule has 3 heterocycles. The third kappa shape index (κ3) is 2.01. The molecule has 5 nitrogen and oxygen atoms in total. The molecule has 0 aromatic carbocycles. The number of H-pyrrole nitrogens is 1. The number of anilines is 1. The quantitative estimate of drug-likeness (QED) is 0.845. The largest absolute Gasteiger partial charge is 0.371 e. The van der Waals surface area contributed by atoms with Crippen molar-refractivity contribution in [2.24, 2.45) is 0 Å². The van der Waals surface area contributed by atoms with Crippen LogP contribution >= 0.6 is 12.2 Å². The van der Waals surface area contributed by atoms with Gasteiger partial charge in [0, 0.05) is 19.1 Å². The minimum atomic E-state index is 0.390. The van der Waals surface area contributed by atoms with E-state index in [4.69, 9.17) is 17.0 Å². The van der Waals surface area contributed by atoms with Crippen molar-refractivity contribution >= 4 is 18.2 Å². The van der Waals surface area contributed by atoms with Gasteiger partial charge in [0.2, 0.25) is 5.95 Å². The van der Waals surface area contributed by atoms with Crippen molar-refractivity contribution in [1.29, 1.82) is 0 Å². The fraction of sp³-hybridized carbons (Fsp3) is 0.846. The van der Waals surface area contributed by atoms with Gasteiger partial charge in [-0.2, -0.15) is 0 Å². The van der Waals surface area contributed by atoms with Gasteiger partial charge < -0.3 is 9.64 Å². The van der Waals surface area contributed by atoms with Gasteiger partial charge in [-0.05, 0) is 37.9 Å². The molecule has 19 heavy (non-hydrogen) atoms. The number of aromatic nitrogens is 3. The zero-order chi connectivity index (χ0) is 12.8. The van der Waals surface area contributed by atoms with Crippen molar-refractivity contribution in [2.75, 3.05) is 18.0 Å². The molecule has 2 bridgehead atoms. The van der Waals surface area contributed by atoms with Gasteiger partial charge >= 0.3 is 0 Å². The lowest BCUT2D eigenvalue weighted by atomic mass is 10.2. The maximum absolute atomic E-state index is 5.91. The highest BCUT2D eigenvalue weighted by molar-refractivity contribution is 7.71. The summed E-state index contributed by atoms with van der Waals surface area (Å²) >= 11 is 5.44. The Labute approximate surface area is 117 Å². The van der Waals surface area contributed by atoms with E-state index in [1.165, 1.54) is 38.5 Å². The van der Waals surface area contributed by atoms with Crippen LogP contribution in [0.2, 0.25) is 0 Å². The van der Waals surface area contributed by atoms with Crippen LogP contribution in [0.25, 0.3) is 0 Å². The van der Waals surface area contributed by atoms with Crippen LogP contribution in [0.5, 0.6) is 0 Å². The van der Waals surface area contributed by atoms with E-state index in [-0.39, 0.29) is 0 Å². The van der Waals surface area contributed by atoms with E-state index >= 15 is 0 Å². The molecule has 3 aliphatic rings. The molecule has 6 heteroatoms. The molecule has 1 aromatic rings. The van der Waals surface area contributed by atoms with Crippen molar-refractivity contribution in [3.05, 3.63) is 4.77 Å². The summed E-state index contributed by atoms with van der Waals surface area (Å²) in [5.41, 5.74) is 0. The number of nitrogens with zero attached hydrogens (tertiary/aromatic N) is 3. The topological polar surface area (TPSA) is 46.1 Å². The van der Waals surface area contributed by atoms with E-state index in [0.717, 1.165) is 23.8 Å². The van der Waals surface area contributed by atoms with Gasteiger partial charge in [-0.1, -0.05) is 12.8 Å². The van der Waals surface area contributed by atoms with Gasteiger partial charge in [0.05, 0.1) is 12.2 Å². The fourth-order valence-corrected chi connectivity index (χ4v) is 4.07. The van der Waals surface area contributed by atoms with Crippen molar-refractivity contribution in [3.8, 4) is 0 Å². The first-order chi connectivity index (χ1) is 9.31. The zero-order valence-electron chi connectivity index (χ0n) is 11.0. The molecule has 3 fully saturated rings. The SMILES string of the molecule is S=c1[nH]nc(N2CC3CCC(C2)O3)n1C1CCCC1. The van der Waals surface area contributed by atoms with E-state index in [1.54, 1.807) is 0 Å². The van der Waals surface area contributed by atoms with E-state index in [9.17, 15) is 0 Å². The molecular weight excluding hydrogens is 260 g/mol. The lowest BCUT2D eigenvalue weighted by Crippen LogP contribution is -2.44. The molecule has 104 valence electrons. The van der Waals surface area contributed by atoms with Gasteiger partial charge in [0.15, 0.2) is 4.77 Å². The number of hydrogen-bond donors (Lipinski definition) is 1. The minimum absolute atomic E-state index is 0.390. The Morgan fingerprint density at radius 2 is 1.79 bits per heavy atom. The number of aromatic amines is 1. The highest BCUT2D eigenvalue weighted by atomic mass is 32.1. The van der Waals surface area contributed by atoms with Gasteiger partial charge in [-0.15, -0.1) is 5.10 Å². The molecule has 1 N–H and O–H groups in total. The summed E-state index contributed by atoms with van der Waals surface area (Å²) in [6.07, 6.45) is 8.25. The van der Waals surface area contributed by atoms with Crippen LogP contribution in [0.1, 0.15) is 44.6 Å². The molecule has 0 radical (unpaired) electrons. The first-order valence-corrected chi connectivity index (χ1v) is 7.79.